The minimum atomic E-state index is -0.131. The molecule has 0 unspecified atom stereocenters. The summed E-state index contributed by atoms with van der Waals surface area (Å²) < 4.78 is 19.1. The van der Waals surface area contributed by atoms with Crippen molar-refractivity contribution in [2.45, 2.75) is 0 Å². The van der Waals surface area contributed by atoms with Crippen LogP contribution in [0, 0.1) is 0 Å². The fourth-order valence-corrected chi connectivity index (χ4v) is 11.5. The Bertz CT molecular complexity index is 4400. The van der Waals surface area contributed by atoms with Crippen molar-refractivity contribution in [2.75, 3.05) is 15.1 Å². The second kappa shape index (κ2) is 18.3. The molecule has 15 rings (SSSR count). The van der Waals surface area contributed by atoms with Crippen molar-refractivity contribution in [3.8, 4) is 34.0 Å². The fourth-order valence-electron chi connectivity index (χ4n) is 11.5. The first-order valence-electron chi connectivity index (χ1n) is 26.1. The number of rotatable bonds is 10. The summed E-state index contributed by atoms with van der Waals surface area (Å²) in [4.78, 5) is 4.85. The van der Waals surface area contributed by atoms with Gasteiger partial charge in [0, 0.05) is 72.4 Å². The van der Waals surface area contributed by atoms with Crippen molar-refractivity contribution in [3.63, 3.8) is 0 Å². The summed E-state index contributed by atoms with van der Waals surface area (Å²) in [6.07, 6.45) is 0. The number of benzene rings is 11. The molecule has 0 fully saturated rings. The quantitative estimate of drug-likeness (QED) is 0.138. The van der Waals surface area contributed by atoms with Crippen molar-refractivity contribution in [1.29, 1.82) is 0 Å². The number of fused-ring (bicyclic) bond motifs is 6. The third-order valence-electron chi connectivity index (χ3n) is 15.1. The molecule has 0 radical (unpaired) electrons. The molecule has 0 atom stereocenters. The molecule has 11 aromatic carbocycles. The smallest absolute Gasteiger partial charge is 0.249 e. The van der Waals surface area contributed by atoms with Crippen LogP contribution in [0.2, 0.25) is 0 Å². The summed E-state index contributed by atoms with van der Waals surface area (Å²) in [5.41, 5.74) is 17.3. The van der Waals surface area contributed by atoms with Crippen LogP contribution in [0.5, 0.6) is 0 Å². The second-order valence-electron chi connectivity index (χ2n) is 19.7. The third kappa shape index (κ3) is 7.83. The number of anilines is 8. The van der Waals surface area contributed by atoms with E-state index in [-0.39, 0.29) is 6.71 Å². The van der Waals surface area contributed by atoms with Gasteiger partial charge in [0.25, 0.3) is 0 Å². The minimum Gasteiger partial charge on any atom is -0.456 e. The predicted octanol–water partition coefficient (Wildman–Crippen LogP) is 17.6. The van der Waals surface area contributed by atoms with Gasteiger partial charge in [0.15, 0.2) is 0 Å². The van der Waals surface area contributed by atoms with Crippen molar-refractivity contribution in [1.82, 2.24) is 0 Å². The molecule has 1 aliphatic rings. The number of para-hydroxylation sites is 4. The minimum absolute atomic E-state index is 0.131. The van der Waals surface area contributed by atoms with E-state index < -0.39 is 0 Å². The highest BCUT2D eigenvalue weighted by Crippen LogP contribution is 2.46. The Balaban J connectivity index is 0.954. The number of hydrogen-bond donors (Lipinski definition) is 1. The molecule has 362 valence electrons. The zero-order valence-corrected chi connectivity index (χ0v) is 41.7. The van der Waals surface area contributed by atoms with Gasteiger partial charge in [0.05, 0.1) is 11.4 Å². The molecule has 4 heterocycles. The molecule has 6 nitrogen and oxygen atoms in total. The molecular formula is C70H46BN3O3. The molecular weight excluding hydrogens is 942 g/mol. The van der Waals surface area contributed by atoms with Gasteiger partial charge in [-0.1, -0.05) is 145 Å². The fraction of sp³-hybridized carbons (Fsp3) is 0. The lowest BCUT2D eigenvalue weighted by Crippen LogP contribution is -2.57. The van der Waals surface area contributed by atoms with E-state index in [9.17, 15) is 0 Å². The van der Waals surface area contributed by atoms with E-state index in [1.54, 1.807) is 0 Å². The predicted molar refractivity (Wildman–Crippen MR) is 320 cm³/mol. The lowest BCUT2D eigenvalue weighted by molar-refractivity contribution is 0.631. The van der Waals surface area contributed by atoms with E-state index in [2.05, 4.69) is 234 Å². The van der Waals surface area contributed by atoms with Crippen LogP contribution in [0.25, 0.3) is 77.7 Å². The third-order valence-corrected chi connectivity index (χ3v) is 15.1. The van der Waals surface area contributed by atoms with Crippen LogP contribution >= 0.6 is 0 Å². The average molecular weight is 988 g/mol. The molecule has 0 saturated heterocycles. The zero-order chi connectivity index (χ0) is 50.8. The first-order valence-corrected chi connectivity index (χ1v) is 26.1. The Labute approximate surface area is 445 Å². The Hall–Kier alpha value is -10.2. The average Bonchev–Trinajstić information content (AvgIpc) is 4.39. The first-order chi connectivity index (χ1) is 38.1. The molecule has 0 amide bonds. The molecule has 3 aromatic heterocycles. The number of hydrogen-bond acceptors (Lipinski definition) is 6. The summed E-state index contributed by atoms with van der Waals surface area (Å²) in [5.74, 6) is 2.49. The van der Waals surface area contributed by atoms with Gasteiger partial charge in [-0.25, -0.2) is 0 Å². The van der Waals surface area contributed by atoms with Crippen LogP contribution < -0.4 is 31.5 Å². The van der Waals surface area contributed by atoms with Crippen molar-refractivity contribution >= 4 is 112 Å². The largest absolute Gasteiger partial charge is 0.456 e. The van der Waals surface area contributed by atoms with Gasteiger partial charge < -0.3 is 28.4 Å². The molecule has 0 bridgehead atoms. The number of nitrogens with zero attached hydrogens (tertiary/aromatic N) is 2. The van der Waals surface area contributed by atoms with Crippen LogP contribution in [0.15, 0.2) is 286 Å². The van der Waals surface area contributed by atoms with Crippen molar-refractivity contribution in [3.05, 3.63) is 273 Å². The summed E-state index contributed by atoms with van der Waals surface area (Å²) >= 11 is 0. The van der Waals surface area contributed by atoms with Crippen LogP contribution in [0.4, 0.5) is 45.5 Å². The Morgan fingerprint density at radius 2 is 0.883 bits per heavy atom. The van der Waals surface area contributed by atoms with E-state index in [0.717, 1.165) is 129 Å². The van der Waals surface area contributed by atoms with E-state index in [4.69, 9.17) is 13.3 Å². The van der Waals surface area contributed by atoms with Crippen LogP contribution in [-0.2, 0) is 0 Å². The van der Waals surface area contributed by atoms with E-state index in [0.29, 0.717) is 0 Å². The van der Waals surface area contributed by atoms with Crippen molar-refractivity contribution < 1.29 is 13.3 Å². The first kappa shape index (κ1) is 44.3. The van der Waals surface area contributed by atoms with Gasteiger partial charge in [-0.3, -0.25) is 0 Å². The van der Waals surface area contributed by atoms with Crippen LogP contribution in [-0.4, -0.2) is 6.71 Å². The van der Waals surface area contributed by atoms with Crippen LogP contribution in [0.1, 0.15) is 0 Å². The van der Waals surface area contributed by atoms with Crippen LogP contribution in [0.3, 0.4) is 0 Å². The van der Waals surface area contributed by atoms with Crippen molar-refractivity contribution in [2.24, 2.45) is 0 Å². The summed E-state index contributed by atoms with van der Waals surface area (Å²) in [6, 6.07) is 96.8. The lowest BCUT2D eigenvalue weighted by Gasteiger charge is -2.39. The van der Waals surface area contributed by atoms with Gasteiger partial charge in [-0.05, 0) is 150 Å². The summed E-state index contributed by atoms with van der Waals surface area (Å²) in [6.45, 7) is -0.131. The van der Waals surface area contributed by atoms with Gasteiger partial charge >= 0.3 is 0 Å². The topological polar surface area (TPSA) is 57.9 Å². The number of nitrogens with one attached hydrogen (secondary N) is 1. The highest BCUT2D eigenvalue weighted by Gasteiger charge is 2.38. The molecule has 14 aromatic rings. The maximum atomic E-state index is 6.40. The van der Waals surface area contributed by atoms with Gasteiger partial charge in [0.1, 0.15) is 34.0 Å². The van der Waals surface area contributed by atoms with E-state index >= 15 is 0 Å². The lowest BCUT2D eigenvalue weighted by atomic mass is 9.34. The zero-order valence-electron chi connectivity index (χ0n) is 41.7. The molecule has 0 saturated carbocycles. The van der Waals surface area contributed by atoms with Gasteiger partial charge in [0.2, 0.25) is 6.71 Å². The molecule has 0 spiro atoms. The number of furan rings is 3. The standard InChI is InChI=1S/C70H46BN3O3/c1-2-20-53(21-3-1)71-59-23-9-10-24-62(59)74(56-39-33-49(34-40-56)69-43-52-18-7-13-28-66(52)77-69)63-45-57(44-60(70(63)71)72-54-35-29-47(30-36-54)67-41-50-16-5-11-26-64(50)75-67)73(61-25-14-19-46-15-4-8-22-58(46)61)55-37-31-48(32-38-55)68-42-51-17-6-12-27-65(51)76-68/h1-45,72H. The molecule has 7 heteroatoms. The molecule has 77 heavy (non-hydrogen) atoms. The summed E-state index contributed by atoms with van der Waals surface area (Å²) in [7, 11) is 0. The van der Waals surface area contributed by atoms with E-state index in [1.165, 1.54) is 10.9 Å². The monoisotopic (exact) mass is 987 g/mol. The maximum Gasteiger partial charge on any atom is 0.249 e. The summed E-state index contributed by atoms with van der Waals surface area (Å²) in [5, 5.41) is 9.57. The molecule has 1 N–H and O–H groups in total. The highest BCUT2D eigenvalue weighted by molar-refractivity contribution is 6.99. The highest BCUT2D eigenvalue weighted by atomic mass is 16.3. The Morgan fingerprint density at radius 1 is 0.377 bits per heavy atom. The molecule has 0 aliphatic carbocycles. The van der Waals surface area contributed by atoms with Gasteiger partial charge in [-0.15, -0.1) is 0 Å². The Kier molecular flexibility index (Phi) is 10.5. The second-order valence-corrected chi connectivity index (χ2v) is 19.7. The maximum absolute atomic E-state index is 6.40. The Morgan fingerprint density at radius 3 is 1.49 bits per heavy atom. The van der Waals surface area contributed by atoms with Gasteiger partial charge in [-0.2, -0.15) is 0 Å². The molecule has 1 aliphatic heterocycles. The SMILES string of the molecule is c1ccc(B2c3ccccc3N(c3ccc(-c4cc5ccccc5o4)cc3)c3cc(N(c4ccc(-c5cc6ccccc6o5)cc4)c4cccc5ccccc45)cc(Nc4ccc(-c5cc6ccccc6o5)cc4)c32)cc1. The van der Waals surface area contributed by atoms with E-state index in [1.807, 2.05) is 54.6 Å². The normalized spacial score (nSPS) is 12.1.